The van der Waals surface area contributed by atoms with E-state index in [-0.39, 0.29) is 12.1 Å². The lowest BCUT2D eigenvalue weighted by Crippen LogP contribution is -2.27. The number of aliphatic carboxylic acids is 1. The number of benzene rings is 1. The summed E-state index contributed by atoms with van der Waals surface area (Å²) in [7, 11) is -3.79. The van der Waals surface area contributed by atoms with Crippen LogP contribution in [0.5, 0.6) is 0 Å². The van der Waals surface area contributed by atoms with Gasteiger partial charge in [0.1, 0.15) is 11.6 Å². The molecule has 0 aliphatic carbocycles. The van der Waals surface area contributed by atoms with Gasteiger partial charge in [-0.05, 0) is 6.07 Å². The zero-order chi connectivity index (χ0) is 13.8. The molecule has 0 fully saturated rings. The highest BCUT2D eigenvalue weighted by Crippen LogP contribution is 2.09. The second-order valence-electron chi connectivity index (χ2n) is 3.52. The monoisotopic (exact) mass is 279 g/mol. The van der Waals surface area contributed by atoms with Crippen molar-refractivity contribution < 1.29 is 27.1 Å². The van der Waals surface area contributed by atoms with E-state index in [0.717, 1.165) is 12.1 Å². The van der Waals surface area contributed by atoms with Crippen LogP contribution in [0.3, 0.4) is 0 Å². The first-order chi connectivity index (χ1) is 8.30. The Balaban J connectivity index is 2.61. The third-order valence-corrected chi connectivity index (χ3v) is 3.41. The van der Waals surface area contributed by atoms with Crippen LogP contribution in [0.4, 0.5) is 8.78 Å². The van der Waals surface area contributed by atoms with Crippen molar-refractivity contribution in [1.82, 2.24) is 4.72 Å². The van der Waals surface area contributed by atoms with Gasteiger partial charge in [0.2, 0.25) is 10.0 Å². The number of sulfonamides is 1. The Labute approximate surface area is 102 Å². The lowest BCUT2D eigenvalue weighted by atomic mass is 10.2. The Morgan fingerprint density at radius 3 is 2.56 bits per heavy atom. The van der Waals surface area contributed by atoms with Crippen molar-refractivity contribution in [1.29, 1.82) is 0 Å². The van der Waals surface area contributed by atoms with Crippen molar-refractivity contribution in [3.63, 3.8) is 0 Å². The van der Waals surface area contributed by atoms with Crippen LogP contribution < -0.4 is 4.72 Å². The first kappa shape index (κ1) is 14.5. The largest absolute Gasteiger partial charge is 0.481 e. The average molecular weight is 279 g/mol. The highest BCUT2D eigenvalue weighted by Gasteiger charge is 2.13. The first-order valence-corrected chi connectivity index (χ1v) is 6.58. The highest BCUT2D eigenvalue weighted by molar-refractivity contribution is 7.89. The van der Waals surface area contributed by atoms with Gasteiger partial charge >= 0.3 is 5.97 Å². The number of carboxylic acid groups (broad SMARTS) is 1. The summed E-state index contributed by atoms with van der Waals surface area (Å²) in [5.41, 5.74) is -0.0182. The summed E-state index contributed by atoms with van der Waals surface area (Å²) in [4.78, 5) is 10.2. The standard InChI is InChI=1S/C10H11F2NO4S/c11-8-2-1-7(9(12)5-8)6-13-18(16,17)4-3-10(14)15/h1-2,5,13H,3-4,6H2,(H,14,15). The maximum Gasteiger partial charge on any atom is 0.304 e. The predicted octanol–water partition coefficient (Wildman–Crippen LogP) is 0.859. The Bertz CT molecular complexity index is 545. The van der Waals surface area contributed by atoms with E-state index in [1.165, 1.54) is 0 Å². The van der Waals surface area contributed by atoms with Crippen molar-refractivity contribution in [2.45, 2.75) is 13.0 Å². The summed E-state index contributed by atoms with van der Waals surface area (Å²) in [6.07, 6.45) is -0.540. The number of rotatable bonds is 6. The van der Waals surface area contributed by atoms with Crippen molar-refractivity contribution in [3.05, 3.63) is 35.4 Å². The van der Waals surface area contributed by atoms with E-state index < -0.39 is 39.8 Å². The van der Waals surface area contributed by atoms with Crippen LogP contribution in [0.2, 0.25) is 0 Å². The Hall–Kier alpha value is -1.54. The van der Waals surface area contributed by atoms with Crippen molar-refractivity contribution in [3.8, 4) is 0 Å². The second kappa shape index (κ2) is 5.87. The summed E-state index contributed by atoms with van der Waals surface area (Å²) in [6.45, 7) is -0.353. The van der Waals surface area contributed by atoms with E-state index >= 15 is 0 Å². The van der Waals surface area contributed by atoms with Crippen LogP contribution in [0.15, 0.2) is 18.2 Å². The molecule has 8 heteroatoms. The molecule has 0 saturated carbocycles. The summed E-state index contributed by atoms with van der Waals surface area (Å²) >= 11 is 0. The number of hydrogen-bond donors (Lipinski definition) is 2. The van der Waals surface area contributed by atoms with E-state index in [2.05, 4.69) is 0 Å². The molecule has 0 aliphatic heterocycles. The Morgan fingerprint density at radius 1 is 1.33 bits per heavy atom. The fraction of sp³-hybridized carbons (Fsp3) is 0.300. The summed E-state index contributed by atoms with van der Waals surface area (Å²) in [5.74, 6) is -3.46. The molecular formula is C10H11F2NO4S. The van der Waals surface area contributed by atoms with Crippen LogP contribution in [0.1, 0.15) is 12.0 Å². The van der Waals surface area contributed by atoms with Gasteiger partial charge in [-0.1, -0.05) is 6.07 Å². The average Bonchev–Trinajstić information content (AvgIpc) is 2.25. The van der Waals surface area contributed by atoms with Gasteiger partial charge in [-0.15, -0.1) is 0 Å². The van der Waals surface area contributed by atoms with Crippen LogP contribution >= 0.6 is 0 Å². The maximum atomic E-state index is 13.2. The minimum Gasteiger partial charge on any atom is -0.481 e. The van der Waals surface area contributed by atoms with Gasteiger partial charge in [0.15, 0.2) is 0 Å². The molecule has 100 valence electrons. The van der Waals surface area contributed by atoms with E-state index in [0.29, 0.717) is 6.07 Å². The molecule has 0 bridgehead atoms. The molecule has 0 aliphatic rings. The topological polar surface area (TPSA) is 83.5 Å². The molecule has 0 spiro atoms. The zero-order valence-corrected chi connectivity index (χ0v) is 10.0. The van der Waals surface area contributed by atoms with Crippen molar-refractivity contribution in [2.24, 2.45) is 0 Å². The van der Waals surface area contributed by atoms with Crippen LogP contribution in [-0.2, 0) is 21.4 Å². The minimum absolute atomic E-state index is 0.0182. The number of carboxylic acids is 1. The van der Waals surface area contributed by atoms with Gasteiger partial charge in [-0.3, -0.25) is 4.79 Å². The fourth-order valence-corrected chi connectivity index (χ4v) is 2.11. The summed E-state index contributed by atoms with van der Waals surface area (Å²) in [6, 6.07) is 2.76. The van der Waals surface area contributed by atoms with Crippen molar-refractivity contribution in [2.75, 3.05) is 5.75 Å². The van der Waals surface area contributed by atoms with Crippen molar-refractivity contribution >= 4 is 16.0 Å². The molecular weight excluding hydrogens is 268 g/mol. The van der Waals surface area contributed by atoms with E-state index in [1.807, 2.05) is 4.72 Å². The Morgan fingerprint density at radius 2 is 2.00 bits per heavy atom. The van der Waals surface area contributed by atoms with Gasteiger partial charge in [0, 0.05) is 18.2 Å². The van der Waals surface area contributed by atoms with Gasteiger partial charge in [-0.25, -0.2) is 21.9 Å². The molecule has 2 N–H and O–H groups in total. The molecule has 0 amide bonds. The van der Waals surface area contributed by atoms with Gasteiger partial charge in [0.05, 0.1) is 12.2 Å². The van der Waals surface area contributed by atoms with Gasteiger partial charge in [0.25, 0.3) is 0 Å². The maximum absolute atomic E-state index is 13.2. The fourth-order valence-electron chi connectivity index (χ4n) is 1.15. The molecule has 0 saturated heterocycles. The lowest BCUT2D eigenvalue weighted by Gasteiger charge is -2.06. The third kappa shape index (κ3) is 4.76. The molecule has 1 aromatic rings. The number of halogens is 2. The number of carbonyl (C=O) groups is 1. The van der Waals surface area contributed by atoms with Gasteiger partial charge < -0.3 is 5.11 Å². The molecule has 0 atom stereocenters. The Kier molecular flexibility index (Phi) is 4.74. The molecule has 0 aromatic heterocycles. The van der Waals surface area contributed by atoms with Gasteiger partial charge in [-0.2, -0.15) is 0 Å². The molecule has 18 heavy (non-hydrogen) atoms. The molecule has 1 rings (SSSR count). The SMILES string of the molecule is O=C(O)CCS(=O)(=O)NCc1ccc(F)cc1F. The smallest absolute Gasteiger partial charge is 0.304 e. The number of hydrogen-bond acceptors (Lipinski definition) is 3. The first-order valence-electron chi connectivity index (χ1n) is 4.93. The summed E-state index contributed by atoms with van der Waals surface area (Å²) < 4.78 is 50.4. The van der Waals surface area contributed by atoms with E-state index in [9.17, 15) is 22.0 Å². The second-order valence-corrected chi connectivity index (χ2v) is 5.45. The lowest BCUT2D eigenvalue weighted by molar-refractivity contribution is -0.136. The molecule has 0 heterocycles. The minimum atomic E-state index is -3.79. The van der Waals surface area contributed by atoms with E-state index in [4.69, 9.17) is 5.11 Å². The van der Waals surface area contributed by atoms with Crippen LogP contribution in [0, 0.1) is 11.6 Å². The quantitative estimate of drug-likeness (QED) is 0.809. The van der Waals surface area contributed by atoms with E-state index in [1.54, 1.807) is 0 Å². The highest BCUT2D eigenvalue weighted by atomic mass is 32.2. The zero-order valence-electron chi connectivity index (χ0n) is 9.19. The number of nitrogens with one attached hydrogen (secondary N) is 1. The normalized spacial score (nSPS) is 11.4. The molecule has 0 radical (unpaired) electrons. The van der Waals surface area contributed by atoms with Crippen LogP contribution in [0.25, 0.3) is 0 Å². The molecule has 0 unspecified atom stereocenters. The molecule has 5 nitrogen and oxygen atoms in total. The third-order valence-electron chi connectivity index (χ3n) is 2.08. The summed E-state index contributed by atoms with van der Waals surface area (Å²) in [5, 5.41) is 8.34. The van der Waals surface area contributed by atoms with Crippen LogP contribution in [-0.4, -0.2) is 25.2 Å². The predicted molar refractivity (Wildman–Crippen MR) is 59.2 cm³/mol. The molecule has 1 aromatic carbocycles.